The fourth-order valence-electron chi connectivity index (χ4n) is 5.18. The Hall–Kier alpha value is -4.24. The number of benzene rings is 3. The Bertz CT molecular complexity index is 1660. The van der Waals surface area contributed by atoms with Crippen LogP contribution in [0.2, 0.25) is 0 Å². The van der Waals surface area contributed by atoms with Crippen LogP contribution in [0.3, 0.4) is 0 Å². The third-order valence-corrected chi connectivity index (χ3v) is 8.25. The molecule has 1 aliphatic rings. The second kappa shape index (κ2) is 13.4. The average Bonchev–Trinajstić information content (AvgIpc) is 3.38. The van der Waals surface area contributed by atoms with Crippen molar-refractivity contribution in [1.29, 1.82) is 0 Å². The predicted octanol–water partition coefficient (Wildman–Crippen LogP) is 7.61. The highest BCUT2D eigenvalue weighted by molar-refractivity contribution is 7.99. The minimum atomic E-state index is -0.532. The average molecular weight is 598 g/mol. The molecule has 9 heteroatoms. The highest BCUT2D eigenvalue weighted by atomic mass is 32.2. The van der Waals surface area contributed by atoms with E-state index in [0.29, 0.717) is 41.4 Å². The molecular weight excluding hydrogens is 558 g/mol. The summed E-state index contributed by atoms with van der Waals surface area (Å²) in [5.74, 6) is 2.55. The lowest BCUT2D eigenvalue weighted by atomic mass is 9.94. The number of ether oxygens (including phenoxy) is 2. The zero-order chi connectivity index (χ0) is 30.5. The standard InChI is InChI=1S/C34H39N5O3S/c1-7-16-43-34-37-33-35-24(6)30(32(40)36-27-14-12-22(4)17-23(27)5)31(39(33)38-34)26-13-15-28(29(19-26)41-8-2)42-20-25-11-9-10-21(3)18-25/h9-15,17-19,31H,7-8,16,20H2,1-6H3,(H,36,40)(H,35,37,38). The van der Waals surface area contributed by atoms with E-state index < -0.39 is 6.04 Å². The van der Waals surface area contributed by atoms with Gasteiger partial charge in [-0.05, 0) is 75.9 Å². The van der Waals surface area contributed by atoms with Gasteiger partial charge < -0.3 is 20.1 Å². The highest BCUT2D eigenvalue weighted by Crippen LogP contribution is 2.40. The van der Waals surface area contributed by atoms with E-state index in [1.807, 2.05) is 70.2 Å². The van der Waals surface area contributed by atoms with E-state index in [-0.39, 0.29) is 5.91 Å². The number of carbonyl (C=O) groups is 1. The lowest BCUT2D eigenvalue weighted by Crippen LogP contribution is -2.31. The van der Waals surface area contributed by atoms with Gasteiger partial charge >= 0.3 is 0 Å². The molecule has 4 aromatic rings. The number of nitrogens with zero attached hydrogens (tertiary/aromatic N) is 3. The van der Waals surface area contributed by atoms with Gasteiger partial charge in [-0.15, -0.1) is 5.10 Å². The van der Waals surface area contributed by atoms with Gasteiger partial charge in [0.15, 0.2) is 11.5 Å². The Balaban J connectivity index is 1.53. The number of allylic oxidation sites excluding steroid dienone is 1. The number of rotatable bonds is 11. The number of nitrogens with one attached hydrogen (secondary N) is 2. The molecule has 3 aromatic carbocycles. The third kappa shape index (κ3) is 6.88. The third-order valence-electron chi connectivity index (χ3n) is 7.20. The molecule has 0 radical (unpaired) electrons. The largest absolute Gasteiger partial charge is 0.490 e. The summed E-state index contributed by atoms with van der Waals surface area (Å²) < 4.78 is 14.1. The monoisotopic (exact) mass is 597 g/mol. The summed E-state index contributed by atoms with van der Waals surface area (Å²) in [4.78, 5) is 18.8. The molecule has 1 aromatic heterocycles. The molecule has 1 aliphatic heterocycles. The molecule has 1 atom stereocenters. The van der Waals surface area contributed by atoms with Crippen molar-refractivity contribution in [2.24, 2.45) is 0 Å². The molecule has 43 heavy (non-hydrogen) atoms. The number of hydrogen-bond acceptors (Lipinski definition) is 7. The summed E-state index contributed by atoms with van der Waals surface area (Å²) in [5.41, 5.74) is 7.29. The van der Waals surface area contributed by atoms with Crippen LogP contribution < -0.4 is 20.1 Å². The summed E-state index contributed by atoms with van der Waals surface area (Å²) >= 11 is 1.60. The first-order valence-electron chi connectivity index (χ1n) is 14.7. The quantitative estimate of drug-likeness (QED) is 0.172. The van der Waals surface area contributed by atoms with Crippen LogP contribution in [0.4, 0.5) is 11.6 Å². The van der Waals surface area contributed by atoms with E-state index in [1.165, 1.54) is 5.56 Å². The molecule has 5 rings (SSSR count). The van der Waals surface area contributed by atoms with Crippen LogP contribution in [0.15, 0.2) is 77.1 Å². The van der Waals surface area contributed by atoms with E-state index in [1.54, 1.807) is 16.4 Å². The molecule has 0 spiro atoms. The van der Waals surface area contributed by atoms with Crippen LogP contribution in [0.1, 0.15) is 61.1 Å². The summed E-state index contributed by atoms with van der Waals surface area (Å²) in [5, 5.41) is 12.0. The van der Waals surface area contributed by atoms with Gasteiger partial charge in [0.1, 0.15) is 12.6 Å². The van der Waals surface area contributed by atoms with Crippen molar-refractivity contribution < 1.29 is 14.3 Å². The van der Waals surface area contributed by atoms with E-state index in [2.05, 4.69) is 42.7 Å². The minimum absolute atomic E-state index is 0.205. The van der Waals surface area contributed by atoms with Gasteiger partial charge in [0.05, 0.1) is 12.2 Å². The number of hydrogen-bond donors (Lipinski definition) is 2. The Morgan fingerprint density at radius 2 is 1.79 bits per heavy atom. The van der Waals surface area contributed by atoms with Crippen molar-refractivity contribution >= 4 is 29.3 Å². The van der Waals surface area contributed by atoms with Gasteiger partial charge in [-0.1, -0.05) is 72.3 Å². The highest BCUT2D eigenvalue weighted by Gasteiger charge is 2.35. The van der Waals surface area contributed by atoms with Crippen molar-refractivity contribution in [2.45, 2.75) is 65.8 Å². The number of fused-ring (bicyclic) bond motifs is 1. The molecular formula is C34H39N5O3S. The van der Waals surface area contributed by atoms with Gasteiger partial charge in [-0.25, -0.2) is 4.68 Å². The first kappa shape index (κ1) is 30.2. The van der Waals surface area contributed by atoms with Gasteiger partial charge in [-0.3, -0.25) is 4.79 Å². The normalized spacial score (nSPS) is 14.2. The SMILES string of the molecule is CCCSc1nc2n(n1)C(c1ccc(OCc3cccc(C)c3)c(OCC)c1)C(C(=O)Nc1ccc(C)cc1C)=C(C)N2. The maximum absolute atomic E-state index is 14.0. The summed E-state index contributed by atoms with van der Waals surface area (Å²) in [7, 11) is 0. The number of carbonyl (C=O) groups excluding carboxylic acids is 1. The van der Waals surface area contributed by atoms with Gasteiger partial charge in [0.2, 0.25) is 11.1 Å². The molecule has 0 saturated carbocycles. The van der Waals surface area contributed by atoms with Crippen LogP contribution in [-0.2, 0) is 11.4 Å². The molecule has 0 bridgehead atoms. The minimum Gasteiger partial charge on any atom is -0.490 e. The number of amides is 1. The molecule has 2 heterocycles. The van der Waals surface area contributed by atoms with Crippen LogP contribution in [-0.4, -0.2) is 33.0 Å². The molecule has 1 unspecified atom stereocenters. The number of thioether (sulfide) groups is 1. The Kier molecular flexibility index (Phi) is 9.40. The fourth-order valence-corrected chi connectivity index (χ4v) is 5.86. The molecule has 1 amide bonds. The maximum atomic E-state index is 14.0. The van der Waals surface area contributed by atoms with Crippen LogP contribution in [0.25, 0.3) is 0 Å². The van der Waals surface area contributed by atoms with Crippen LogP contribution >= 0.6 is 11.8 Å². The van der Waals surface area contributed by atoms with Crippen LogP contribution in [0.5, 0.6) is 11.5 Å². The van der Waals surface area contributed by atoms with Crippen molar-refractivity contribution in [3.8, 4) is 11.5 Å². The topological polar surface area (TPSA) is 90.3 Å². The smallest absolute Gasteiger partial charge is 0.255 e. The zero-order valence-corrected chi connectivity index (χ0v) is 26.5. The second-order valence-electron chi connectivity index (χ2n) is 10.8. The van der Waals surface area contributed by atoms with Gasteiger partial charge in [0, 0.05) is 17.1 Å². The second-order valence-corrected chi connectivity index (χ2v) is 11.8. The van der Waals surface area contributed by atoms with Crippen molar-refractivity contribution in [3.05, 3.63) is 99.8 Å². The Morgan fingerprint density at radius 3 is 2.53 bits per heavy atom. The fraction of sp³-hybridized carbons (Fsp3) is 0.324. The van der Waals surface area contributed by atoms with Gasteiger partial charge in [-0.2, -0.15) is 4.98 Å². The Labute approximate surface area is 257 Å². The zero-order valence-electron chi connectivity index (χ0n) is 25.7. The summed E-state index contributed by atoms with van der Waals surface area (Å²) in [6.07, 6.45) is 1.01. The number of aromatic nitrogens is 3. The van der Waals surface area contributed by atoms with E-state index >= 15 is 0 Å². The van der Waals surface area contributed by atoms with Gasteiger partial charge in [0.25, 0.3) is 5.91 Å². The summed E-state index contributed by atoms with van der Waals surface area (Å²) in [6.45, 7) is 13.0. The Morgan fingerprint density at radius 1 is 0.977 bits per heavy atom. The number of anilines is 2. The molecule has 0 saturated heterocycles. The number of aryl methyl sites for hydroxylation is 3. The summed E-state index contributed by atoms with van der Waals surface area (Å²) in [6, 6.07) is 19.6. The molecule has 224 valence electrons. The lowest BCUT2D eigenvalue weighted by Gasteiger charge is -2.29. The molecule has 2 N–H and O–H groups in total. The predicted molar refractivity (Wildman–Crippen MR) is 173 cm³/mol. The van der Waals surface area contributed by atoms with Crippen molar-refractivity contribution in [1.82, 2.24) is 14.8 Å². The maximum Gasteiger partial charge on any atom is 0.255 e. The molecule has 0 aliphatic carbocycles. The molecule has 8 nitrogen and oxygen atoms in total. The first-order chi connectivity index (χ1) is 20.8. The molecule has 0 fully saturated rings. The first-order valence-corrected chi connectivity index (χ1v) is 15.7. The van der Waals surface area contributed by atoms with E-state index in [4.69, 9.17) is 19.6 Å². The lowest BCUT2D eigenvalue weighted by molar-refractivity contribution is -0.113. The van der Waals surface area contributed by atoms with E-state index in [0.717, 1.165) is 45.8 Å². The van der Waals surface area contributed by atoms with Crippen molar-refractivity contribution in [3.63, 3.8) is 0 Å². The van der Waals surface area contributed by atoms with Crippen molar-refractivity contribution in [2.75, 3.05) is 23.0 Å². The van der Waals surface area contributed by atoms with E-state index in [9.17, 15) is 4.79 Å². The van der Waals surface area contributed by atoms with Crippen LogP contribution in [0, 0.1) is 20.8 Å².